The van der Waals surface area contributed by atoms with Gasteiger partial charge in [-0.15, -0.1) is 0 Å². The number of para-hydroxylation sites is 2. The zero-order valence-corrected chi connectivity index (χ0v) is 12.9. The lowest BCUT2D eigenvalue weighted by Gasteiger charge is -2.30. The van der Waals surface area contributed by atoms with E-state index in [0.29, 0.717) is 25.4 Å². The maximum atomic E-state index is 12.4. The average molecular weight is 322 g/mol. The van der Waals surface area contributed by atoms with Crippen LogP contribution in [0.5, 0.6) is 11.5 Å². The summed E-state index contributed by atoms with van der Waals surface area (Å²) in [5.74, 6) is 1.44. The Morgan fingerprint density at radius 2 is 2.05 bits per heavy atom. The van der Waals surface area contributed by atoms with E-state index in [2.05, 4.69) is 0 Å². The van der Waals surface area contributed by atoms with E-state index in [1.165, 1.54) is 0 Å². The molecule has 0 radical (unpaired) electrons. The van der Waals surface area contributed by atoms with E-state index in [0.717, 1.165) is 5.75 Å². The highest BCUT2D eigenvalue weighted by Crippen LogP contribution is 2.31. The number of amides is 1. The molecule has 1 atom stereocenters. The fourth-order valence-corrected chi connectivity index (χ4v) is 2.49. The molecule has 2 aromatic rings. The summed E-state index contributed by atoms with van der Waals surface area (Å²) in [7, 11) is 0. The molecule has 3 rings (SSSR count). The van der Waals surface area contributed by atoms with E-state index in [9.17, 15) is 4.79 Å². The minimum atomic E-state index is -0.218. The maximum Gasteiger partial charge on any atom is 0.289 e. The molecule has 0 aliphatic carbocycles. The number of fused-ring (bicyclic) bond motifs is 1. The fraction of sp³-hybridized carbons (Fsp3) is 0.312. The summed E-state index contributed by atoms with van der Waals surface area (Å²) in [4.78, 5) is 14.0. The topological polar surface area (TPSA) is 51.9 Å². The van der Waals surface area contributed by atoms with Crippen LogP contribution in [0.1, 0.15) is 17.5 Å². The van der Waals surface area contributed by atoms with Crippen molar-refractivity contribution in [3.05, 3.63) is 47.4 Å². The van der Waals surface area contributed by atoms with Gasteiger partial charge < -0.3 is 18.8 Å². The first-order valence-electron chi connectivity index (χ1n) is 7.10. The summed E-state index contributed by atoms with van der Waals surface area (Å²) in [6.07, 6.45) is -0.218. The van der Waals surface area contributed by atoms with Crippen LogP contribution in [0.15, 0.2) is 40.8 Å². The number of likely N-dealkylation sites (N-methyl/N-ethyl adjacent to an activating group) is 1. The van der Waals surface area contributed by atoms with Crippen molar-refractivity contribution in [3.63, 3.8) is 0 Å². The number of ether oxygens (including phenoxy) is 2. The molecular weight excluding hydrogens is 306 g/mol. The molecule has 0 spiro atoms. The molecule has 5 nitrogen and oxygen atoms in total. The quantitative estimate of drug-likeness (QED) is 0.867. The Labute approximate surface area is 133 Å². The van der Waals surface area contributed by atoms with E-state index in [-0.39, 0.29) is 23.0 Å². The van der Waals surface area contributed by atoms with Crippen LogP contribution in [0.4, 0.5) is 0 Å². The molecule has 6 heteroatoms. The van der Waals surface area contributed by atoms with E-state index < -0.39 is 0 Å². The van der Waals surface area contributed by atoms with Crippen LogP contribution in [0.25, 0.3) is 0 Å². The van der Waals surface area contributed by atoms with Gasteiger partial charge in [-0.2, -0.15) is 0 Å². The van der Waals surface area contributed by atoms with Crippen LogP contribution < -0.4 is 9.47 Å². The summed E-state index contributed by atoms with van der Waals surface area (Å²) in [6.45, 7) is 3.26. The number of hydrogen-bond acceptors (Lipinski definition) is 4. The standard InChI is InChI=1S/C16H16ClNO4/c1-2-18(16(19)14-7-8-15(17)22-14)9-11-10-20-12-5-3-4-6-13(12)21-11/h3-8,11H,2,9-10H2,1H3/t11-/m1/s1. The minimum absolute atomic E-state index is 0.200. The van der Waals surface area contributed by atoms with E-state index >= 15 is 0 Å². The van der Waals surface area contributed by atoms with Crippen molar-refractivity contribution < 1.29 is 18.7 Å². The Kier molecular flexibility index (Phi) is 4.24. The predicted octanol–water partition coefficient (Wildman–Crippen LogP) is 3.24. The number of benzene rings is 1. The molecule has 1 aliphatic heterocycles. The van der Waals surface area contributed by atoms with Crippen LogP contribution in [-0.2, 0) is 0 Å². The van der Waals surface area contributed by atoms with Crippen LogP contribution in [0.3, 0.4) is 0 Å². The number of rotatable bonds is 4. The molecule has 1 amide bonds. The Morgan fingerprint density at radius 1 is 1.27 bits per heavy atom. The van der Waals surface area contributed by atoms with Gasteiger partial charge >= 0.3 is 0 Å². The van der Waals surface area contributed by atoms with Gasteiger partial charge in [-0.25, -0.2) is 0 Å². The van der Waals surface area contributed by atoms with Crippen molar-refractivity contribution in [3.8, 4) is 11.5 Å². The fourth-order valence-electron chi connectivity index (χ4n) is 2.34. The second-order valence-electron chi connectivity index (χ2n) is 4.95. The molecule has 0 saturated heterocycles. The highest BCUT2D eigenvalue weighted by atomic mass is 35.5. The van der Waals surface area contributed by atoms with Crippen LogP contribution in [0, 0.1) is 0 Å². The third-order valence-electron chi connectivity index (χ3n) is 3.44. The van der Waals surface area contributed by atoms with Gasteiger partial charge in [0.05, 0.1) is 6.54 Å². The van der Waals surface area contributed by atoms with E-state index in [1.807, 2.05) is 31.2 Å². The van der Waals surface area contributed by atoms with Crippen molar-refractivity contribution >= 4 is 17.5 Å². The highest BCUT2D eigenvalue weighted by Gasteiger charge is 2.26. The second kappa shape index (κ2) is 6.32. The molecule has 2 heterocycles. The molecule has 0 bridgehead atoms. The lowest BCUT2D eigenvalue weighted by Crippen LogP contribution is -2.43. The largest absolute Gasteiger partial charge is 0.486 e. The van der Waals surface area contributed by atoms with Gasteiger partial charge in [0.2, 0.25) is 0 Å². The van der Waals surface area contributed by atoms with Gasteiger partial charge in [-0.1, -0.05) is 12.1 Å². The first-order chi connectivity index (χ1) is 10.7. The van der Waals surface area contributed by atoms with Crippen molar-refractivity contribution in [2.45, 2.75) is 13.0 Å². The smallest absolute Gasteiger partial charge is 0.289 e. The summed E-state index contributed by atoms with van der Waals surface area (Å²) < 4.78 is 16.7. The Morgan fingerprint density at radius 3 is 2.73 bits per heavy atom. The lowest BCUT2D eigenvalue weighted by atomic mass is 10.2. The molecule has 22 heavy (non-hydrogen) atoms. The van der Waals surface area contributed by atoms with Gasteiger partial charge in [0, 0.05) is 6.54 Å². The number of hydrogen-bond donors (Lipinski definition) is 0. The van der Waals surface area contributed by atoms with Crippen molar-refractivity contribution in [2.75, 3.05) is 19.7 Å². The highest BCUT2D eigenvalue weighted by molar-refractivity contribution is 6.29. The molecule has 116 valence electrons. The van der Waals surface area contributed by atoms with Crippen LogP contribution in [0.2, 0.25) is 5.22 Å². The van der Waals surface area contributed by atoms with Gasteiger partial charge in [-0.3, -0.25) is 4.79 Å². The minimum Gasteiger partial charge on any atom is -0.486 e. The molecule has 1 aromatic carbocycles. The number of furan rings is 1. The summed E-state index contributed by atoms with van der Waals surface area (Å²) in [5, 5.41) is 0.200. The van der Waals surface area contributed by atoms with Gasteiger partial charge in [0.25, 0.3) is 5.91 Å². The van der Waals surface area contributed by atoms with Crippen molar-refractivity contribution in [1.82, 2.24) is 4.90 Å². The first-order valence-corrected chi connectivity index (χ1v) is 7.48. The van der Waals surface area contributed by atoms with E-state index in [4.69, 9.17) is 25.5 Å². The third-order valence-corrected chi connectivity index (χ3v) is 3.65. The molecule has 0 unspecified atom stereocenters. The summed E-state index contributed by atoms with van der Waals surface area (Å²) in [5.41, 5.74) is 0. The zero-order chi connectivity index (χ0) is 15.5. The monoisotopic (exact) mass is 321 g/mol. The van der Waals surface area contributed by atoms with Crippen LogP contribution in [-0.4, -0.2) is 36.6 Å². The predicted molar refractivity (Wildman–Crippen MR) is 81.6 cm³/mol. The lowest BCUT2D eigenvalue weighted by molar-refractivity contribution is 0.0455. The molecule has 1 aliphatic rings. The van der Waals surface area contributed by atoms with Crippen molar-refractivity contribution in [1.29, 1.82) is 0 Å². The number of carbonyl (C=O) groups excluding carboxylic acids is 1. The summed E-state index contributed by atoms with van der Waals surface area (Å²) >= 11 is 5.72. The van der Waals surface area contributed by atoms with Crippen LogP contribution >= 0.6 is 11.6 Å². The Bertz CT molecular complexity index is 670. The third kappa shape index (κ3) is 3.04. The van der Waals surface area contributed by atoms with E-state index in [1.54, 1.807) is 17.0 Å². The summed E-state index contributed by atoms with van der Waals surface area (Å²) in [6, 6.07) is 10.6. The number of carbonyl (C=O) groups is 1. The van der Waals surface area contributed by atoms with Crippen molar-refractivity contribution in [2.24, 2.45) is 0 Å². The molecule has 0 fully saturated rings. The zero-order valence-electron chi connectivity index (χ0n) is 12.1. The molecule has 0 N–H and O–H groups in total. The first kappa shape index (κ1) is 14.8. The maximum absolute atomic E-state index is 12.4. The van der Waals surface area contributed by atoms with Gasteiger partial charge in [-0.05, 0) is 42.8 Å². The number of nitrogens with zero attached hydrogens (tertiary/aromatic N) is 1. The molecule has 1 aromatic heterocycles. The second-order valence-corrected chi connectivity index (χ2v) is 5.32. The Hall–Kier alpha value is -2.14. The normalized spacial score (nSPS) is 16.4. The van der Waals surface area contributed by atoms with Gasteiger partial charge in [0.1, 0.15) is 6.61 Å². The SMILES string of the molecule is CCN(C[C@@H]1COc2ccccc2O1)C(=O)c1ccc(Cl)o1. The Balaban J connectivity index is 1.68. The molecule has 0 saturated carbocycles. The average Bonchev–Trinajstić information content (AvgIpc) is 2.98. The molecular formula is C16H16ClNO4. The number of halogens is 1. The van der Waals surface area contributed by atoms with Gasteiger partial charge in [0.15, 0.2) is 28.6 Å².